The van der Waals surface area contributed by atoms with Gasteiger partial charge in [-0.3, -0.25) is 0 Å². The molecule has 2 saturated heterocycles. The number of fused-ring (bicyclic) bond motifs is 2. The number of aromatic nitrogens is 3. The van der Waals surface area contributed by atoms with E-state index in [2.05, 4.69) is 33.5 Å². The second-order valence-electron chi connectivity index (χ2n) is 7.12. The number of aryl methyl sites for hydroxylation is 2. The highest BCUT2D eigenvalue weighted by molar-refractivity contribution is 5.90. The number of nitrogens with zero attached hydrogens (tertiary/aromatic N) is 4. The predicted octanol–water partition coefficient (Wildman–Crippen LogP) is 2.72. The average molecular weight is 326 g/mol. The standard InChI is InChI=1S/C18H26N6/c1-11-9-12(2)20-17-15(11)16(19-3)22-18(23-17)21-13-6-8-24-7-4-5-14(24)10-13/h9,13-14H,4-8,10H2,1-3H3,(H2,19,20,21,22,23)/t13-,14+/m1/s1. The normalized spacial score (nSPS) is 24.1. The van der Waals surface area contributed by atoms with Crippen molar-refractivity contribution < 1.29 is 0 Å². The predicted molar refractivity (Wildman–Crippen MR) is 97.6 cm³/mol. The Bertz CT molecular complexity index is 759. The summed E-state index contributed by atoms with van der Waals surface area (Å²) in [6, 6.07) is 3.27. The zero-order chi connectivity index (χ0) is 16.7. The fourth-order valence-electron chi connectivity index (χ4n) is 4.26. The third-order valence-corrected chi connectivity index (χ3v) is 5.38. The number of pyridine rings is 1. The highest BCUT2D eigenvalue weighted by Gasteiger charge is 2.32. The molecule has 2 fully saturated rings. The molecule has 2 N–H and O–H groups in total. The van der Waals surface area contributed by atoms with Gasteiger partial charge in [0.2, 0.25) is 5.95 Å². The summed E-state index contributed by atoms with van der Waals surface area (Å²) in [6.45, 7) is 6.56. The maximum atomic E-state index is 4.70. The molecule has 2 aromatic rings. The first kappa shape index (κ1) is 15.6. The average Bonchev–Trinajstić information content (AvgIpc) is 3.01. The highest BCUT2D eigenvalue weighted by Crippen LogP contribution is 2.29. The number of nitrogens with one attached hydrogen (secondary N) is 2. The van der Waals surface area contributed by atoms with E-state index in [-0.39, 0.29) is 0 Å². The van der Waals surface area contributed by atoms with Gasteiger partial charge in [-0.15, -0.1) is 0 Å². The van der Waals surface area contributed by atoms with Gasteiger partial charge >= 0.3 is 0 Å². The minimum Gasteiger partial charge on any atom is -0.372 e. The lowest BCUT2D eigenvalue weighted by atomic mass is 9.98. The molecule has 2 aliphatic rings. The van der Waals surface area contributed by atoms with Crippen LogP contribution in [0.4, 0.5) is 11.8 Å². The first-order valence-corrected chi connectivity index (χ1v) is 8.98. The summed E-state index contributed by atoms with van der Waals surface area (Å²) in [5, 5.41) is 7.79. The minimum atomic E-state index is 0.456. The fourth-order valence-corrected chi connectivity index (χ4v) is 4.26. The van der Waals surface area contributed by atoms with Crippen LogP contribution in [0.15, 0.2) is 6.07 Å². The van der Waals surface area contributed by atoms with E-state index in [0.717, 1.165) is 40.6 Å². The summed E-state index contributed by atoms with van der Waals surface area (Å²) in [5.41, 5.74) is 2.92. The van der Waals surface area contributed by atoms with E-state index in [0.29, 0.717) is 12.0 Å². The summed E-state index contributed by atoms with van der Waals surface area (Å²) in [5.74, 6) is 1.55. The van der Waals surface area contributed by atoms with Gasteiger partial charge < -0.3 is 15.5 Å². The van der Waals surface area contributed by atoms with Crippen LogP contribution in [0.3, 0.4) is 0 Å². The van der Waals surface area contributed by atoms with Crippen molar-refractivity contribution in [2.24, 2.45) is 0 Å². The number of anilines is 2. The Hall–Kier alpha value is -1.95. The Balaban J connectivity index is 1.62. The molecule has 4 rings (SSSR count). The Morgan fingerprint density at radius 2 is 2.00 bits per heavy atom. The zero-order valence-electron chi connectivity index (χ0n) is 14.8. The van der Waals surface area contributed by atoms with Crippen molar-refractivity contribution in [3.63, 3.8) is 0 Å². The van der Waals surface area contributed by atoms with E-state index < -0.39 is 0 Å². The summed E-state index contributed by atoms with van der Waals surface area (Å²) in [6.07, 6.45) is 5.03. The zero-order valence-corrected chi connectivity index (χ0v) is 14.8. The second kappa shape index (κ2) is 6.16. The van der Waals surface area contributed by atoms with Crippen molar-refractivity contribution in [2.75, 3.05) is 30.8 Å². The van der Waals surface area contributed by atoms with Crippen molar-refractivity contribution in [2.45, 2.75) is 51.6 Å². The molecular formula is C18H26N6. The van der Waals surface area contributed by atoms with Crippen LogP contribution in [0.2, 0.25) is 0 Å². The van der Waals surface area contributed by atoms with Gasteiger partial charge in [0.05, 0.1) is 5.39 Å². The van der Waals surface area contributed by atoms with Gasteiger partial charge in [-0.05, 0) is 57.7 Å². The van der Waals surface area contributed by atoms with E-state index >= 15 is 0 Å². The van der Waals surface area contributed by atoms with Crippen LogP contribution < -0.4 is 10.6 Å². The van der Waals surface area contributed by atoms with E-state index in [4.69, 9.17) is 9.97 Å². The Labute approximate surface area is 143 Å². The molecule has 0 saturated carbocycles. The summed E-state index contributed by atoms with van der Waals surface area (Å²) in [7, 11) is 1.90. The van der Waals surface area contributed by atoms with E-state index in [1.54, 1.807) is 0 Å². The van der Waals surface area contributed by atoms with E-state index in [1.165, 1.54) is 32.4 Å². The molecule has 0 radical (unpaired) electrons. The van der Waals surface area contributed by atoms with Crippen molar-refractivity contribution >= 4 is 22.8 Å². The quantitative estimate of drug-likeness (QED) is 0.904. The first-order chi connectivity index (χ1) is 11.6. The molecule has 24 heavy (non-hydrogen) atoms. The van der Waals surface area contributed by atoms with Crippen LogP contribution in [0.25, 0.3) is 11.0 Å². The van der Waals surface area contributed by atoms with Crippen LogP contribution >= 0.6 is 0 Å². The number of rotatable bonds is 3. The van der Waals surface area contributed by atoms with Crippen LogP contribution in [-0.2, 0) is 0 Å². The van der Waals surface area contributed by atoms with Crippen molar-refractivity contribution in [3.05, 3.63) is 17.3 Å². The molecule has 128 valence electrons. The largest absolute Gasteiger partial charge is 0.372 e. The maximum Gasteiger partial charge on any atom is 0.226 e. The van der Waals surface area contributed by atoms with Gasteiger partial charge in [0, 0.05) is 31.4 Å². The molecule has 2 aliphatic heterocycles. The van der Waals surface area contributed by atoms with Crippen molar-refractivity contribution in [1.82, 2.24) is 19.9 Å². The van der Waals surface area contributed by atoms with Crippen molar-refractivity contribution in [1.29, 1.82) is 0 Å². The van der Waals surface area contributed by atoms with Gasteiger partial charge in [-0.2, -0.15) is 9.97 Å². The van der Waals surface area contributed by atoms with Gasteiger partial charge in [0.25, 0.3) is 0 Å². The van der Waals surface area contributed by atoms with Crippen LogP contribution in [0, 0.1) is 13.8 Å². The van der Waals surface area contributed by atoms with Gasteiger partial charge in [0.15, 0.2) is 5.65 Å². The number of piperidine rings is 1. The molecule has 2 atom stereocenters. The maximum absolute atomic E-state index is 4.70. The molecule has 0 spiro atoms. The van der Waals surface area contributed by atoms with Crippen LogP contribution in [0.1, 0.15) is 36.9 Å². The van der Waals surface area contributed by atoms with Crippen LogP contribution in [-0.4, -0.2) is 52.1 Å². The Kier molecular flexibility index (Phi) is 4.00. The molecule has 6 heteroatoms. The van der Waals surface area contributed by atoms with Gasteiger partial charge in [-0.1, -0.05) is 0 Å². The molecular weight excluding hydrogens is 300 g/mol. The summed E-state index contributed by atoms with van der Waals surface area (Å²) in [4.78, 5) is 16.6. The third-order valence-electron chi connectivity index (χ3n) is 5.38. The fraction of sp³-hybridized carbons (Fsp3) is 0.611. The first-order valence-electron chi connectivity index (χ1n) is 8.98. The number of hydrogen-bond acceptors (Lipinski definition) is 6. The van der Waals surface area contributed by atoms with Gasteiger partial charge in [-0.25, -0.2) is 4.98 Å². The molecule has 0 aliphatic carbocycles. The molecule has 6 nitrogen and oxygen atoms in total. The summed E-state index contributed by atoms with van der Waals surface area (Å²) >= 11 is 0. The SMILES string of the molecule is CNc1nc(N[C@@H]2CCN3CCC[C@H]3C2)nc2nc(C)cc(C)c12. The Morgan fingerprint density at radius 1 is 1.12 bits per heavy atom. The molecule has 0 unspecified atom stereocenters. The minimum absolute atomic E-state index is 0.456. The van der Waals surface area contributed by atoms with Crippen molar-refractivity contribution in [3.8, 4) is 0 Å². The molecule has 0 aromatic carbocycles. The molecule has 0 amide bonds. The molecule has 2 aromatic heterocycles. The lowest BCUT2D eigenvalue weighted by Crippen LogP contribution is -2.43. The monoisotopic (exact) mass is 326 g/mol. The number of hydrogen-bond donors (Lipinski definition) is 2. The topological polar surface area (TPSA) is 66.0 Å². The molecule has 0 bridgehead atoms. The Morgan fingerprint density at radius 3 is 2.83 bits per heavy atom. The lowest BCUT2D eigenvalue weighted by Gasteiger charge is -2.35. The summed E-state index contributed by atoms with van der Waals surface area (Å²) < 4.78 is 0. The molecule has 4 heterocycles. The van der Waals surface area contributed by atoms with Crippen LogP contribution in [0.5, 0.6) is 0 Å². The third kappa shape index (κ3) is 2.79. The van der Waals surface area contributed by atoms with Gasteiger partial charge in [0.1, 0.15) is 5.82 Å². The lowest BCUT2D eigenvalue weighted by molar-refractivity contribution is 0.188. The van der Waals surface area contributed by atoms with E-state index in [9.17, 15) is 0 Å². The second-order valence-corrected chi connectivity index (χ2v) is 7.12. The van der Waals surface area contributed by atoms with E-state index in [1.807, 2.05) is 14.0 Å². The smallest absolute Gasteiger partial charge is 0.226 e. The highest BCUT2D eigenvalue weighted by atomic mass is 15.2.